The third-order valence-electron chi connectivity index (χ3n) is 2.75. The van der Waals surface area contributed by atoms with Crippen LogP contribution >= 0.6 is 11.8 Å². The molecule has 19 heavy (non-hydrogen) atoms. The van der Waals surface area contributed by atoms with Crippen molar-refractivity contribution in [1.29, 1.82) is 0 Å². The molecule has 3 nitrogen and oxygen atoms in total. The lowest BCUT2D eigenvalue weighted by atomic mass is 10.2. The Hall–Kier alpha value is -1.78. The molecule has 0 unspecified atom stereocenters. The van der Waals surface area contributed by atoms with Crippen LogP contribution in [0.1, 0.15) is 15.9 Å². The molecule has 0 aromatic heterocycles. The first-order valence-corrected chi connectivity index (χ1v) is 7.11. The summed E-state index contributed by atoms with van der Waals surface area (Å²) in [7, 11) is 0. The zero-order valence-corrected chi connectivity index (χ0v) is 11.4. The highest BCUT2D eigenvalue weighted by Crippen LogP contribution is 2.21. The largest absolute Gasteiger partial charge is 0.392 e. The van der Waals surface area contributed by atoms with Crippen LogP contribution in [-0.4, -0.2) is 17.3 Å². The second kappa shape index (κ2) is 6.41. The zero-order valence-electron chi connectivity index (χ0n) is 10.6. The Kier molecular flexibility index (Phi) is 4.60. The SMILES string of the molecule is CSc1ccccc1C(=O)Nc1ccc(CO)cc1. The average Bonchev–Trinajstić information content (AvgIpc) is 2.48. The Balaban J connectivity index is 2.16. The molecule has 0 heterocycles. The van der Waals surface area contributed by atoms with Crippen molar-refractivity contribution in [2.45, 2.75) is 11.5 Å². The van der Waals surface area contributed by atoms with Gasteiger partial charge in [0.25, 0.3) is 5.91 Å². The van der Waals surface area contributed by atoms with E-state index in [1.54, 1.807) is 36.0 Å². The van der Waals surface area contributed by atoms with Crippen LogP contribution in [0.25, 0.3) is 0 Å². The molecule has 0 saturated carbocycles. The van der Waals surface area contributed by atoms with Crippen molar-refractivity contribution in [1.82, 2.24) is 0 Å². The molecular weight excluding hydrogens is 258 g/mol. The fraction of sp³-hybridized carbons (Fsp3) is 0.133. The number of hydrogen-bond donors (Lipinski definition) is 2. The third kappa shape index (κ3) is 3.36. The predicted octanol–water partition coefficient (Wildman–Crippen LogP) is 3.15. The van der Waals surface area contributed by atoms with Gasteiger partial charge >= 0.3 is 0 Å². The van der Waals surface area contributed by atoms with Gasteiger partial charge in [-0.2, -0.15) is 0 Å². The lowest BCUT2D eigenvalue weighted by Crippen LogP contribution is -2.12. The smallest absolute Gasteiger partial charge is 0.256 e. The molecular formula is C15H15NO2S. The maximum absolute atomic E-state index is 12.2. The van der Waals surface area contributed by atoms with E-state index < -0.39 is 0 Å². The van der Waals surface area contributed by atoms with Gasteiger partial charge < -0.3 is 10.4 Å². The van der Waals surface area contributed by atoms with E-state index in [1.807, 2.05) is 30.5 Å². The summed E-state index contributed by atoms with van der Waals surface area (Å²) in [6.07, 6.45) is 1.95. The minimum Gasteiger partial charge on any atom is -0.392 e. The van der Waals surface area contributed by atoms with Gasteiger partial charge in [0.2, 0.25) is 0 Å². The van der Waals surface area contributed by atoms with Crippen LogP contribution in [0.3, 0.4) is 0 Å². The molecule has 1 amide bonds. The van der Waals surface area contributed by atoms with Gasteiger partial charge in [0.1, 0.15) is 0 Å². The van der Waals surface area contributed by atoms with E-state index in [2.05, 4.69) is 5.32 Å². The van der Waals surface area contributed by atoms with Crippen LogP contribution in [0.4, 0.5) is 5.69 Å². The number of aliphatic hydroxyl groups is 1. The minimum atomic E-state index is -0.123. The van der Waals surface area contributed by atoms with Gasteiger partial charge in [0.15, 0.2) is 0 Å². The fourth-order valence-corrected chi connectivity index (χ4v) is 2.32. The number of anilines is 1. The maximum Gasteiger partial charge on any atom is 0.256 e. The summed E-state index contributed by atoms with van der Waals surface area (Å²) in [6.45, 7) is 0.00351. The molecule has 0 bridgehead atoms. The highest BCUT2D eigenvalue weighted by atomic mass is 32.2. The molecule has 2 aromatic carbocycles. The number of hydrogen-bond acceptors (Lipinski definition) is 3. The van der Waals surface area contributed by atoms with Crippen molar-refractivity contribution in [3.05, 3.63) is 59.7 Å². The second-order valence-corrected chi connectivity index (χ2v) is 4.86. The Bertz CT molecular complexity index is 567. The van der Waals surface area contributed by atoms with E-state index in [9.17, 15) is 4.79 Å². The van der Waals surface area contributed by atoms with E-state index in [0.717, 1.165) is 16.1 Å². The van der Waals surface area contributed by atoms with Crippen molar-refractivity contribution in [3.8, 4) is 0 Å². The molecule has 0 aliphatic carbocycles. The molecule has 4 heteroatoms. The van der Waals surface area contributed by atoms with Gasteiger partial charge in [-0.05, 0) is 36.1 Å². The van der Waals surface area contributed by atoms with Gasteiger partial charge in [-0.1, -0.05) is 24.3 Å². The molecule has 0 radical (unpaired) electrons. The highest BCUT2D eigenvalue weighted by Gasteiger charge is 2.10. The Morgan fingerprint density at radius 1 is 1.16 bits per heavy atom. The topological polar surface area (TPSA) is 49.3 Å². The van der Waals surface area contributed by atoms with Gasteiger partial charge in [-0.15, -0.1) is 11.8 Å². The Morgan fingerprint density at radius 2 is 1.84 bits per heavy atom. The molecule has 0 aliphatic heterocycles. The summed E-state index contributed by atoms with van der Waals surface area (Å²) in [5, 5.41) is 11.8. The van der Waals surface area contributed by atoms with Crippen LogP contribution < -0.4 is 5.32 Å². The van der Waals surface area contributed by atoms with Gasteiger partial charge in [-0.3, -0.25) is 4.79 Å². The first kappa shape index (κ1) is 13.6. The number of thioether (sulfide) groups is 1. The van der Waals surface area contributed by atoms with Crippen molar-refractivity contribution < 1.29 is 9.90 Å². The number of aliphatic hydroxyl groups excluding tert-OH is 1. The lowest BCUT2D eigenvalue weighted by molar-refractivity contribution is 0.102. The first-order chi connectivity index (χ1) is 9.24. The van der Waals surface area contributed by atoms with E-state index in [1.165, 1.54) is 0 Å². The number of carbonyl (C=O) groups is 1. The minimum absolute atomic E-state index is 0.00351. The molecule has 0 fully saturated rings. The first-order valence-electron chi connectivity index (χ1n) is 5.88. The van der Waals surface area contributed by atoms with Crippen LogP contribution in [-0.2, 0) is 6.61 Å². The number of carbonyl (C=O) groups excluding carboxylic acids is 1. The van der Waals surface area contributed by atoms with E-state index in [0.29, 0.717) is 5.56 Å². The van der Waals surface area contributed by atoms with Crippen molar-refractivity contribution in [2.75, 3.05) is 11.6 Å². The summed E-state index contributed by atoms with van der Waals surface area (Å²) in [6, 6.07) is 14.6. The van der Waals surface area contributed by atoms with Crippen molar-refractivity contribution in [3.63, 3.8) is 0 Å². The molecule has 2 aromatic rings. The standard InChI is InChI=1S/C15H15NO2S/c1-19-14-5-3-2-4-13(14)15(18)16-12-8-6-11(10-17)7-9-12/h2-9,17H,10H2,1H3,(H,16,18). The van der Waals surface area contributed by atoms with E-state index in [-0.39, 0.29) is 12.5 Å². The van der Waals surface area contributed by atoms with Crippen LogP contribution in [0.5, 0.6) is 0 Å². The number of benzene rings is 2. The normalized spacial score (nSPS) is 10.2. The molecule has 0 aliphatic rings. The van der Waals surface area contributed by atoms with Crippen molar-refractivity contribution in [2.24, 2.45) is 0 Å². The monoisotopic (exact) mass is 273 g/mol. The van der Waals surface area contributed by atoms with E-state index in [4.69, 9.17) is 5.11 Å². The summed E-state index contributed by atoms with van der Waals surface area (Å²) < 4.78 is 0. The zero-order chi connectivity index (χ0) is 13.7. The molecule has 0 atom stereocenters. The maximum atomic E-state index is 12.2. The van der Waals surface area contributed by atoms with Crippen LogP contribution in [0.2, 0.25) is 0 Å². The fourth-order valence-electron chi connectivity index (χ4n) is 1.72. The van der Waals surface area contributed by atoms with Gasteiger partial charge in [-0.25, -0.2) is 0 Å². The van der Waals surface area contributed by atoms with Crippen molar-refractivity contribution >= 4 is 23.4 Å². The molecule has 0 spiro atoms. The number of amides is 1. The lowest BCUT2D eigenvalue weighted by Gasteiger charge is -2.08. The molecule has 98 valence electrons. The second-order valence-electron chi connectivity index (χ2n) is 4.01. The Labute approximate surface area is 116 Å². The molecule has 0 saturated heterocycles. The summed E-state index contributed by atoms with van der Waals surface area (Å²) in [4.78, 5) is 13.1. The molecule has 2 rings (SSSR count). The number of nitrogens with one attached hydrogen (secondary N) is 1. The van der Waals surface area contributed by atoms with Gasteiger partial charge in [0.05, 0.1) is 12.2 Å². The van der Waals surface area contributed by atoms with E-state index >= 15 is 0 Å². The predicted molar refractivity (Wildman–Crippen MR) is 78.5 cm³/mol. The van der Waals surface area contributed by atoms with Crippen LogP contribution in [0, 0.1) is 0 Å². The highest BCUT2D eigenvalue weighted by molar-refractivity contribution is 7.98. The quantitative estimate of drug-likeness (QED) is 0.841. The van der Waals surface area contributed by atoms with Crippen LogP contribution in [0.15, 0.2) is 53.4 Å². The van der Waals surface area contributed by atoms with Gasteiger partial charge in [0, 0.05) is 10.6 Å². The number of rotatable bonds is 4. The molecule has 2 N–H and O–H groups in total. The summed E-state index contributed by atoms with van der Waals surface area (Å²) in [5.41, 5.74) is 2.21. The Morgan fingerprint density at radius 3 is 2.47 bits per heavy atom. The summed E-state index contributed by atoms with van der Waals surface area (Å²) >= 11 is 1.55. The third-order valence-corrected chi connectivity index (χ3v) is 3.54. The summed E-state index contributed by atoms with van der Waals surface area (Å²) in [5.74, 6) is -0.123. The average molecular weight is 273 g/mol.